The van der Waals surface area contributed by atoms with Gasteiger partial charge < -0.3 is 49.1 Å². The van der Waals surface area contributed by atoms with Gasteiger partial charge in [0, 0.05) is 6.54 Å². The number of aliphatic hydroxyl groups excluding tert-OH is 1. The zero-order valence-electron chi connectivity index (χ0n) is 16.2. The molecule has 15 heteroatoms. The van der Waals surface area contributed by atoms with Crippen LogP contribution < -0.4 is 38.9 Å². The van der Waals surface area contributed by atoms with Gasteiger partial charge in [0.05, 0.1) is 25.6 Å². The number of carbonyl (C=O) groups excluding carboxylic acids is 4. The number of aliphatic hydroxyl groups is 1. The van der Waals surface area contributed by atoms with Crippen LogP contribution in [-0.2, 0) is 24.0 Å². The van der Waals surface area contributed by atoms with Crippen molar-refractivity contribution in [2.45, 2.75) is 37.4 Å². The molecule has 0 aromatic rings. The Morgan fingerprint density at radius 1 is 0.967 bits per heavy atom. The molecule has 3 atom stereocenters. The van der Waals surface area contributed by atoms with Crippen molar-refractivity contribution in [1.82, 2.24) is 16.0 Å². The minimum absolute atomic E-state index is 0.107. The molecular weight excluding hydrogens is 404 g/mol. The van der Waals surface area contributed by atoms with Gasteiger partial charge in [-0.15, -0.1) is 0 Å². The Kier molecular flexibility index (Phi) is 12.1. The van der Waals surface area contributed by atoms with Crippen LogP contribution in [0.2, 0.25) is 0 Å². The average molecular weight is 432 g/mol. The zero-order valence-corrected chi connectivity index (χ0v) is 16.2. The first-order valence-corrected chi connectivity index (χ1v) is 8.78. The van der Waals surface area contributed by atoms with E-state index in [0.717, 1.165) is 0 Å². The van der Waals surface area contributed by atoms with Crippen molar-refractivity contribution in [2.75, 3.05) is 19.7 Å². The number of carboxylic acids is 1. The molecule has 0 aliphatic heterocycles. The summed E-state index contributed by atoms with van der Waals surface area (Å²) in [4.78, 5) is 61.7. The molecule has 0 aromatic carbocycles. The molecule has 0 aliphatic rings. The van der Waals surface area contributed by atoms with E-state index >= 15 is 0 Å². The van der Waals surface area contributed by atoms with E-state index in [1.165, 1.54) is 0 Å². The number of nitrogens with two attached hydrogens (primary N) is 4. The number of primary amides is 1. The fourth-order valence-electron chi connectivity index (χ4n) is 2.06. The molecule has 13 N–H and O–H groups in total. The minimum atomic E-state index is -1.55. The summed E-state index contributed by atoms with van der Waals surface area (Å²) in [6.45, 7) is -1.27. The summed E-state index contributed by atoms with van der Waals surface area (Å²) in [6, 6.07) is -3.97. The molecule has 0 saturated heterocycles. The molecule has 0 aliphatic carbocycles. The van der Waals surface area contributed by atoms with Gasteiger partial charge in [0.2, 0.25) is 23.6 Å². The van der Waals surface area contributed by atoms with Crippen LogP contribution in [0.3, 0.4) is 0 Å². The fourth-order valence-corrected chi connectivity index (χ4v) is 2.06. The Morgan fingerprint density at radius 3 is 2.10 bits per heavy atom. The Hall–Kier alpha value is -3.46. The molecule has 15 nitrogen and oxygen atoms in total. The van der Waals surface area contributed by atoms with E-state index in [1.54, 1.807) is 0 Å². The maximum atomic E-state index is 12.2. The second-order valence-corrected chi connectivity index (χ2v) is 6.15. The van der Waals surface area contributed by atoms with Gasteiger partial charge in [-0.05, 0) is 12.8 Å². The number of amides is 4. The van der Waals surface area contributed by atoms with E-state index in [-0.39, 0.29) is 18.9 Å². The van der Waals surface area contributed by atoms with Crippen molar-refractivity contribution in [1.29, 1.82) is 0 Å². The van der Waals surface area contributed by atoms with Crippen LogP contribution in [0.5, 0.6) is 0 Å². The highest BCUT2D eigenvalue weighted by atomic mass is 16.4. The topological polar surface area (TPSA) is 278 Å². The number of nitrogens with zero attached hydrogens (tertiary/aromatic N) is 1. The highest BCUT2D eigenvalue weighted by molar-refractivity contribution is 5.95. The van der Waals surface area contributed by atoms with E-state index in [0.29, 0.717) is 6.42 Å². The molecular formula is C15H28N8O7. The maximum Gasteiger partial charge on any atom is 0.328 e. The van der Waals surface area contributed by atoms with Crippen LogP contribution in [0.1, 0.15) is 19.3 Å². The van der Waals surface area contributed by atoms with Crippen LogP contribution in [0.4, 0.5) is 0 Å². The third kappa shape index (κ3) is 11.4. The number of carbonyl (C=O) groups is 5. The first-order chi connectivity index (χ1) is 14.0. The Morgan fingerprint density at radius 2 is 1.60 bits per heavy atom. The lowest BCUT2D eigenvalue weighted by molar-refractivity contribution is -0.143. The zero-order chi connectivity index (χ0) is 23.3. The van der Waals surface area contributed by atoms with E-state index < -0.39 is 67.3 Å². The van der Waals surface area contributed by atoms with Crippen molar-refractivity contribution in [3.8, 4) is 0 Å². The lowest BCUT2D eigenvalue weighted by Crippen LogP contribution is -2.54. The molecule has 0 bridgehead atoms. The van der Waals surface area contributed by atoms with Crippen LogP contribution >= 0.6 is 0 Å². The van der Waals surface area contributed by atoms with Crippen LogP contribution in [-0.4, -0.2) is 83.6 Å². The maximum absolute atomic E-state index is 12.2. The molecule has 30 heavy (non-hydrogen) atoms. The highest BCUT2D eigenvalue weighted by Crippen LogP contribution is 1.99. The second kappa shape index (κ2) is 13.7. The number of nitrogens with one attached hydrogen (secondary N) is 3. The van der Waals surface area contributed by atoms with Crippen molar-refractivity contribution in [3.63, 3.8) is 0 Å². The molecule has 0 saturated carbocycles. The average Bonchev–Trinajstić information content (AvgIpc) is 2.65. The molecule has 0 fully saturated rings. The van der Waals surface area contributed by atoms with Gasteiger partial charge in [-0.3, -0.25) is 24.2 Å². The van der Waals surface area contributed by atoms with Crippen LogP contribution in [0, 0.1) is 0 Å². The summed E-state index contributed by atoms with van der Waals surface area (Å²) in [6.07, 6.45) is 0.0108. The monoisotopic (exact) mass is 432 g/mol. The van der Waals surface area contributed by atoms with Gasteiger partial charge >= 0.3 is 5.97 Å². The molecule has 0 aromatic heterocycles. The third-order valence-corrected chi connectivity index (χ3v) is 3.58. The summed E-state index contributed by atoms with van der Waals surface area (Å²) < 4.78 is 0. The number of rotatable bonds is 14. The Balaban J connectivity index is 4.74. The Labute approximate surface area is 171 Å². The molecule has 0 spiro atoms. The standard InChI is InChI=1S/C15H28N8O7/c16-7(2-1-3-20-15(18)19)12(27)23-8(4-10(17)25)13(28)21-5-11(26)22-9(6-24)14(29)30/h7-9,24H,1-6,16H2,(H2,17,25)(H,21,28)(H,22,26)(H,23,27)(H,29,30)(H4,18,19,20). The lowest BCUT2D eigenvalue weighted by Gasteiger charge is -2.20. The van der Waals surface area contributed by atoms with Gasteiger partial charge in [0.15, 0.2) is 5.96 Å². The molecule has 0 radical (unpaired) electrons. The van der Waals surface area contributed by atoms with Crippen molar-refractivity contribution in [3.05, 3.63) is 0 Å². The molecule has 0 heterocycles. The van der Waals surface area contributed by atoms with Gasteiger partial charge in [0.25, 0.3) is 0 Å². The van der Waals surface area contributed by atoms with Gasteiger partial charge in [-0.25, -0.2) is 4.79 Å². The summed E-state index contributed by atoms with van der Waals surface area (Å²) in [5, 5.41) is 24.0. The summed E-state index contributed by atoms with van der Waals surface area (Å²) in [5.41, 5.74) is 21.1. The molecule has 3 unspecified atom stereocenters. The van der Waals surface area contributed by atoms with Crippen molar-refractivity contribution in [2.24, 2.45) is 27.9 Å². The Bertz CT molecular complexity index is 665. The SMILES string of the molecule is NC(=O)CC(NC(=O)C(N)CCCN=C(N)N)C(=O)NCC(=O)NC(CO)C(=O)O. The second-order valence-electron chi connectivity index (χ2n) is 6.15. The number of aliphatic carboxylic acids is 1. The van der Waals surface area contributed by atoms with E-state index in [2.05, 4.69) is 15.6 Å². The van der Waals surface area contributed by atoms with Crippen molar-refractivity contribution < 1.29 is 34.2 Å². The number of guanidine groups is 1. The molecule has 4 amide bonds. The van der Waals surface area contributed by atoms with Crippen LogP contribution in [0.15, 0.2) is 4.99 Å². The third-order valence-electron chi connectivity index (χ3n) is 3.58. The smallest absolute Gasteiger partial charge is 0.328 e. The lowest BCUT2D eigenvalue weighted by atomic mass is 10.1. The first kappa shape index (κ1) is 26.5. The largest absolute Gasteiger partial charge is 0.480 e. The van der Waals surface area contributed by atoms with E-state index in [9.17, 15) is 24.0 Å². The summed E-state index contributed by atoms with van der Waals surface area (Å²) in [5.74, 6) is -5.04. The van der Waals surface area contributed by atoms with E-state index in [1.807, 2.05) is 5.32 Å². The summed E-state index contributed by atoms with van der Waals surface area (Å²) >= 11 is 0. The van der Waals surface area contributed by atoms with Crippen molar-refractivity contribution >= 4 is 35.6 Å². The number of hydrogen-bond acceptors (Lipinski definition) is 8. The number of hydrogen-bond donors (Lipinski definition) is 9. The molecule has 170 valence electrons. The fraction of sp³-hybridized carbons (Fsp3) is 0.600. The predicted octanol–water partition coefficient (Wildman–Crippen LogP) is -5.59. The molecule has 0 rings (SSSR count). The van der Waals surface area contributed by atoms with Crippen LogP contribution in [0.25, 0.3) is 0 Å². The van der Waals surface area contributed by atoms with Gasteiger partial charge in [-0.1, -0.05) is 0 Å². The van der Waals surface area contributed by atoms with Gasteiger partial charge in [0.1, 0.15) is 12.1 Å². The summed E-state index contributed by atoms with van der Waals surface area (Å²) in [7, 11) is 0. The van der Waals surface area contributed by atoms with Gasteiger partial charge in [-0.2, -0.15) is 0 Å². The van der Waals surface area contributed by atoms with E-state index in [4.69, 9.17) is 33.1 Å². The first-order valence-electron chi connectivity index (χ1n) is 8.78. The normalized spacial score (nSPS) is 13.3. The highest BCUT2D eigenvalue weighted by Gasteiger charge is 2.26. The quantitative estimate of drug-likeness (QED) is 0.0712. The number of carboxylic acid groups (broad SMARTS) is 1. The minimum Gasteiger partial charge on any atom is -0.480 e. The predicted molar refractivity (Wildman–Crippen MR) is 103 cm³/mol. The number of aliphatic imine (C=N–C) groups is 1.